The normalized spacial score (nSPS) is 14.7. The van der Waals surface area contributed by atoms with E-state index >= 15 is 0 Å². The molecule has 5 heteroatoms. The van der Waals surface area contributed by atoms with Gasteiger partial charge in [-0.25, -0.2) is 8.78 Å². The van der Waals surface area contributed by atoms with E-state index in [1.807, 2.05) is 13.8 Å². The molecule has 1 nitrogen and oxygen atoms in total. The van der Waals surface area contributed by atoms with E-state index in [9.17, 15) is 13.6 Å². The van der Waals surface area contributed by atoms with Gasteiger partial charge in [0.2, 0.25) is 0 Å². The number of ketones is 1. The Bertz CT molecular complexity index is 586. The van der Waals surface area contributed by atoms with Crippen LogP contribution < -0.4 is 0 Å². The lowest BCUT2D eigenvalue weighted by molar-refractivity contribution is -0.113. The van der Waals surface area contributed by atoms with Crippen LogP contribution in [0, 0.1) is 11.6 Å². The molecule has 1 aromatic carbocycles. The minimum atomic E-state index is -0.667. The van der Waals surface area contributed by atoms with E-state index < -0.39 is 11.6 Å². The molecule has 0 N–H and O–H groups in total. The number of halogens is 4. The average Bonchev–Trinajstić information content (AvgIpc) is 2.35. The van der Waals surface area contributed by atoms with Crippen LogP contribution in [0.5, 0.6) is 0 Å². The van der Waals surface area contributed by atoms with Crippen LogP contribution in [0.3, 0.4) is 0 Å². The van der Waals surface area contributed by atoms with Crippen molar-refractivity contribution in [3.8, 4) is 0 Å². The van der Waals surface area contributed by atoms with Crippen molar-refractivity contribution < 1.29 is 13.6 Å². The summed E-state index contributed by atoms with van der Waals surface area (Å²) in [7, 11) is 0. The van der Waals surface area contributed by atoms with Crippen molar-refractivity contribution in [1.82, 2.24) is 0 Å². The highest BCUT2D eigenvalue weighted by Gasteiger charge is 2.10. The first kappa shape index (κ1) is 18.1. The summed E-state index contributed by atoms with van der Waals surface area (Å²) in [5.41, 5.74) is 1.67. The van der Waals surface area contributed by atoms with Gasteiger partial charge in [0.1, 0.15) is 11.6 Å². The van der Waals surface area contributed by atoms with Crippen molar-refractivity contribution in [3.05, 3.63) is 57.7 Å². The molecule has 1 rings (SSSR count). The van der Waals surface area contributed by atoms with Crippen LogP contribution in [0.25, 0.3) is 0 Å². The van der Waals surface area contributed by atoms with Crippen LogP contribution in [-0.4, -0.2) is 10.6 Å². The van der Waals surface area contributed by atoms with E-state index in [1.165, 1.54) is 19.1 Å². The van der Waals surface area contributed by atoms with E-state index in [1.54, 1.807) is 6.08 Å². The molecule has 1 atom stereocenters. The molecule has 114 valence electrons. The third-order valence-corrected chi connectivity index (χ3v) is 4.14. The molecule has 0 unspecified atom stereocenters. The number of alkyl halides is 1. The van der Waals surface area contributed by atoms with Crippen molar-refractivity contribution >= 4 is 33.3 Å². The Morgan fingerprint density at radius 2 is 1.81 bits per heavy atom. The third kappa shape index (κ3) is 5.71. The molecule has 0 fully saturated rings. The van der Waals surface area contributed by atoms with E-state index in [0.29, 0.717) is 16.2 Å². The van der Waals surface area contributed by atoms with Gasteiger partial charge < -0.3 is 0 Å². The molecule has 21 heavy (non-hydrogen) atoms. The van der Waals surface area contributed by atoms with Gasteiger partial charge in [-0.05, 0) is 50.1 Å². The second-order valence-corrected chi connectivity index (χ2v) is 6.61. The quantitative estimate of drug-likeness (QED) is 0.386. The lowest BCUT2D eigenvalue weighted by atomic mass is 10.0. The third-order valence-electron chi connectivity index (χ3n) is 3.04. The number of Topliss-reactive ketones (excluding diaryl/α,β-unsaturated/α-hetero) is 1. The molecule has 0 bridgehead atoms. The van der Waals surface area contributed by atoms with Gasteiger partial charge in [-0.15, -0.1) is 0 Å². The maximum Gasteiger partial charge on any atom is 0.156 e. The number of carbonyl (C=O) groups is 1. The first-order chi connectivity index (χ1) is 9.70. The van der Waals surface area contributed by atoms with Gasteiger partial charge in [-0.2, -0.15) is 0 Å². The van der Waals surface area contributed by atoms with E-state index in [4.69, 9.17) is 11.6 Å². The first-order valence-electron chi connectivity index (χ1n) is 6.37. The van der Waals surface area contributed by atoms with Crippen molar-refractivity contribution in [3.63, 3.8) is 0 Å². The number of hydrogen-bond donors (Lipinski definition) is 0. The van der Waals surface area contributed by atoms with Crippen LogP contribution in [0.2, 0.25) is 0 Å². The van der Waals surface area contributed by atoms with E-state index in [2.05, 4.69) is 15.9 Å². The Hall–Kier alpha value is -1.00. The highest BCUT2D eigenvalue weighted by molar-refractivity contribution is 9.09. The molecular weight excluding hydrogens is 362 g/mol. The van der Waals surface area contributed by atoms with Crippen LogP contribution >= 0.6 is 27.5 Å². The monoisotopic (exact) mass is 376 g/mol. The fourth-order valence-corrected chi connectivity index (χ4v) is 2.34. The molecule has 0 spiro atoms. The zero-order valence-corrected chi connectivity index (χ0v) is 14.4. The van der Waals surface area contributed by atoms with Crippen molar-refractivity contribution in [2.75, 3.05) is 0 Å². The summed E-state index contributed by atoms with van der Waals surface area (Å²) in [5, 5.41) is 0.446. The lowest BCUT2D eigenvalue weighted by Crippen LogP contribution is -2.03. The Labute approximate surface area is 136 Å². The van der Waals surface area contributed by atoms with Gasteiger partial charge in [-0.3, -0.25) is 4.79 Å². The van der Waals surface area contributed by atoms with Crippen LogP contribution in [-0.2, 0) is 11.2 Å². The molecule has 1 aromatic rings. The molecule has 0 heterocycles. The fraction of sp³-hybridized carbons (Fsp3) is 0.312. The molecular formula is C16H16BrClF2O. The number of allylic oxidation sites excluding steroid dienone is 4. The second kappa shape index (κ2) is 7.85. The number of rotatable bonds is 5. The average molecular weight is 378 g/mol. The Morgan fingerprint density at radius 1 is 1.29 bits per heavy atom. The lowest BCUT2D eigenvalue weighted by Gasteiger charge is -2.08. The van der Waals surface area contributed by atoms with Crippen LogP contribution in [0.1, 0.15) is 26.3 Å². The zero-order chi connectivity index (χ0) is 16.2. The summed E-state index contributed by atoms with van der Waals surface area (Å²) in [6.45, 7) is 5.16. The summed E-state index contributed by atoms with van der Waals surface area (Å²) >= 11 is 9.56. The SMILES string of the molecule is CC(=O)/C(=C/C(Cl)=C(/C)[C@H](C)Br)Cc1cc(F)cc(F)c1. The van der Waals surface area contributed by atoms with Gasteiger partial charge >= 0.3 is 0 Å². The Kier molecular flexibility index (Phi) is 6.75. The van der Waals surface area contributed by atoms with E-state index in [0.717, 1.165) is 11.6 Å². The van der Waals surface area contributed by atoms with Gasteiger partial charge in [0.25, 0.3) is 0 Å². The second-order valence-electron chi connectivity index (χ2n) is 4.83. The summed E-state index contributed by atoms with van der Waals surface area (Å²) in [6.07, 6.45) is 1.68. The summed E-state index contributed by atoms with van der Waals surface area (Å²) in [5.74, 6) is -1.52. The predicted molar refractivity (Wildman–Crippen MR) is 85.8 cm³/mol. The van der Waals surface area contributed by atoms with Crippen molar-refractivity contribution in [2.24, 2.45) is 0 Å². The Morgan fingerprint density at radius 3 is 2.24 bits per heavy atom. The summed E-state index contributed by atoms with van der Waals surface area (Å²) in [4.78, 5) is 11.8. The van der Waals surface area contributed by atoms with Crippen molar-refractivity contribution in [1.29, 1.82) is 0 Å². The number of carbonyl (C=O) groups excluding carboxylic acids is 1. The maximum absolute atomic E-state index is 13.2. The molecule has 0 aliphatic rings. The number of hydrogen-bond acceptors (Lipinski definition) is 1. The molecule has 0 saturated carbocycles. The Balaban J connectivity index is 3.14. The minimum Gasteiger partial charge on any atom is -0.295 e. The van der Waals surface area contributed by atoms with Crippen LogP contribution in [0.4, 0.5) is 8.78 Å². The molecule has 0 aliphatic carbocycles. The molecule has 0 saturated heterocycles. The smallest absolute Gasteiger partial charge is 0.156 e. The number of benzene rings is 1. The molecule has 0 aromatic heterocycles. The van der Waals surface area contributed by atoms with Gasteiger partial charge in [0.05, 0.1) is 0 Å². The largest absolute Gasteiger partial charge is 0.295 e. The minimum absolute atomic E-state index is 0.0704. The van der Waals surface area contributed by atoms with Gasteiger partial charge in [-0.1, -0.05) is 27.5 Å². The standard InChI is InChI=1S/C16H16BrClF2O/c1-9(10(2)17)16(18)7-13(11(3)21)4-12-5-14(19)8-15(20)6-12/h5-8,10H,4H2,1-3H3/b13-7+,16-9+/t10-/m0/s1. The zero-order valence-electron chi connectivity index (χ0n) is 12.0. The summed E-state index contributed by atoms with van der Waals surface area (Å²) in [6, 6.07) is 3.21. The maximum atomic E-state index is 13.2. The molecule has 0 aliphatic heterocycles. The van der Waals surface area contributed by atoms with E-state index in [-0.39, 0.29) is 17.0 Å². The van der Waals surface area contributed by atoms with Gasteiger partial charge in [0, 0.05) is 27.9 Å². The predicted octanol–water partition coefficient (Wildman–Crippen LogP) is 5.32. The summed E-state index contributed by atoms with van der Waals surface area (Å²) < 4.78 is 26.4. The first-order valence-corrected chi connectivity index (χ1v) is 7.67. The van der Waals surface area contributed by atoms with Gasteiger partial charge in [0.15, 0.2) is 5.78 Å². The highest BCUT2D eigenvalue weighted by Crippen LogP contribution is 2.22. The van der Waals surface area contributed by atoms with Crippen LogP contribution in [0.15, 0.2) is 40.5 Å². The molecule has 0 amide bonds. The molecule has 0 radical (unpaired) electrons. The highest BCUT2D eigenvalue weighted by atomic mass is 79.9. The fourth-order valence-electron chi connectivity index (χ4n) is 1.67. The topological polar surface area (TPSA) is 17.1 Å². The van der Waals surface area contributed by atoms with Crippen molar-refractivity contribution in [2.45, 2.75) is 32.0 Å².